The van der Waals surface area contributed by atoms with Gasteiger partial charge in [-0.25, -0.2) is 30.7 Å². The van der Waals surface area contributed by atoms with Crippen LogP contribution in [0.2, 0.25) is 0 Å². The van der Waals surface area contributed by atoms with Crippen molar-refractivity contribution in [1.29, 1.82) is 0 Å². The maximum Gasteiger partial charge on any atom is 0.283 e. The molecule has 4 nitrogen and oxygen atoms in total. The zero-order valence-electron chi connectivity index (χ0n) is 13.0. The molecule has 1 amide bonds. The molecule has 0 fully saturated rings. The normalized spacial score (nSPS) is 12.6. The molecule has 1 aromatic heterocycles. The summed E-state index contributed by atoms with van der Waals surface area (Å²) in [5, 5.41) is 5.10. The lowest BCUT2D eigenvalue weighted by Gasteiger charge is -2.16. The first kappa shape index (κ1) is 20.2. The van der Waals surface area contributed by atoms with Crippen LogP contribution in [0.3, 0.4) is 0 Å². The van der Waals surface area contributed by atoms with E-state index in [0.29, 0.717) is 0 Å². The number of hydrogen-bond donors (Lipinski definition) is 1. The van der Waals surface area contributed by atoms with Crippen LogP contribution in [0.15, 0.2) is 4.47 Å². The van der Waals surface area contributed by atoms with Crippen LogP contribution < -0.4 is 5.32 Å². The van der Waals surface area contributed by atoms with Gasteiger partial charge in [-0.1, -0.05) is 0 Å². The van der Waals surface area contributed by atoms with Gasteiger partial charge in [-0.05, 0) is 29.8 Å². The Balaban J connectivity index is 2.39. The quantitative estimate of drug-likeness (QED) is 0.416. The van der Waals surface area contributed by atoms with Crippen LogP contribution in [0.1, 0.15) is 30.8 Å². The highest BCUT2D eigenvalue weighted by Gasteiger charge is 2.30. The predicted octanol–water partition coefficient (Wildman–Crippen LogP) is 4.79. The van der Waals surface area contributed by atoms with Gasteiger partial charge in [0.05, 0.1) is 10.2 Å². The highest BCUT2D eigenvalue weighted by atomic mass is 79.9. The summed E-state index contributed by atoms with van der Waals surface area (Å²) in [6, 6.07) is -1.39. The monoisotopic (exact) mass is 447 g/mol. The molecule has 0 spiro atoms. The maximum atomic E-state index is 13.6. The lowest BCUT2D eigenvalue weighted by atomic mass is 10.2. The summed E-state index contributed by atoms with van der Waals surface area (Å²) in [6.45, 7) is 2.48. The smallest absolute Gasteiger partial charge is 0.283 e. The van der Waals surface area contributed by atoms with Crippen LogP contribution in [-0.2, 0) is 4.79 Å². The number of nitrogens with zero attached hydrogens (tertiary/aromatic N) is 2. The number of aromatic nitrogens is 2. The van der Waals surface area contributed by atoms with Crippen LogP contribution in [0.25, 0.3) is 0 Å². The molecule has 1 aromatic carbocycles. The van der Waals surface area contributed by atoms with Crippen molar-refractivity contribution in [2.45, 2.75) is 26.3 Å². The second kappa shape index (κ2) is 7.25. The third kappa shape index (κ3) is 3.29. The zero-order chi connectivity index (χ0) is 19.9. The Morgan fingerprint density at radius 1 is 1.04 bits per heavy atom. The lowest BCUT2D eigenvalue weighted by molar-refractivity contribution is -0.119. The van der Waals surface area contributed by atoms with E-state index >= 15 is 0 Å². The van der Waals surface area contributed by atoms with Crippen molar-refractivity contribution in [3.05, 3.63) is 44.9 Å². The molecule has 1 N–H and O–H groups in total. The summed E-state index contributed by atoms with van der Waals surface area (Å²) in [4.78, 5) is 12.1. The molecule has 0 aliphatic heterocycles. The second-order valence-corrected chi connectivity index (χ2v) is 5.93. The summed E-state index contributed by atoms with van der Waals surface area (Å²) >= 11 is 2.88. The molecule has 142 valence electrons. The minimum Gasteiger partial charge on any atom is -0.319 e. The summed E-state index contributed by atoms with van der Waals surface area (Å²) in [5.41, 5.74) is -2.12. The van der Waals surface area contributed by atoms with Gasteiger partial charge in [0, 0.05) is 0 Å². The van der Waals surface area contributed by atoms with E-state index in [-0.39, 0.29) is 10.2 Å². The molecule has 26 heavy (non-hydrogen) atoms. The molecule has 12 heteroatoms. The molecule has 0 unspecified atom stereocenters. The number of hydrogen-bond acceptors (Lipinski definition) is 2. The fourth-order valence-electron chi connectivity index (χ4n) is 2.09. The van der Waals surface area contributed by atoms with Gasteiger partial charge in [0.25, 0.3) is 6.43 Å². The van der Waals surface area contributed by atoms with Crippen LogP contribution in [-0.4, -0.2) is 15.7 Å². The van der Waals surface area contributed by atoms with Crippen molar-refractivity contribution in [2.75, 3.05) is 5.32 Å². The zero-order valence-corrected chi connectivity index (χ0v) is 14.6. The molecule has 0 bridgehead atoms. The molecular weight excluding hydrogens is 439 g/mol. The van der Waals surface area contributed by atoms with E-state index in [0.717, 1.165) is 11.6 Å². The summed E-state index contributed by atoms with van der Waals surface area (Å²) < 4.78 is 93.0. The predicted molar refractivity (Wildman–Crippen MR) is 79.2 cm³/mol. The fraction of sp³-hybridized carbons (Fsp3) is 0.286. The Hall–Kier alpha value is -2.11. The van der Waals surface area contributed by atoms with Gasteiger partial charge in [0.2, 0.25) is 11.7 Å². The van der Waals surface area contributed by atoms with Gasteiger partial charge in [0.1, 0.15) is 17.4 Å². The highest BCUT2D eigenvalue weighted by Crippen LogP contribution is 2.31. The van der Waals surface area contributed by atoms with Crippen LogP contribution in [0.4, 0.5) is 36.4 Å². The van der Waals surface area contributed by atoms with Gasteiger partial charge in [-0.15, -0.1) is 0 Å². The van der Waals surface area contributed by atoms with Crippen molar-refractivity contribution in [2.24, 2.45) is 0 Å². The first-order valence-electron chi connectivity index (χ1n) is 6.83. The largest absolute Gasteiger partial charge is 0.319 e. The van der Waals surface area contributed by atoms with Gasteiger partial charge in [0.15, 0.2) is 23.3 Å². The number of benzene rings is 1. The Morgan fingerprint density at radius 2 is 1.50 bits per heavy atom. The summed E-state index contributed by atoms with van der Waals surface area (Å²) in [6.07, 6.45) is -2.96. The number of halogens is 8. The van der Waals surface area contributed by atoms with Crippen molar-refractivity contribution >= 4 is 27.5 Å². The van der Waals surface area contributed by atoms with E-state index in [1.807, 2.05) is 0 Å². The van der Waals surface area contributed by atoms with Crippen LogP contribution in [0.5, 0.6) is 0 Å². The molecule has 2 rings (SSSR count). The summed E-state index contributed by atoms with van der Waals surface area (Å²) in [5.74, 6) is -12.5. The van der Waals surface area contributed by atoms with E-state index in [2.05, 4.69) is 21.0 Å². The third-order valence-electron chi connectivity index (χ3n) is 3.51. The Bertz CT molecular complexity index is 855. The Labute approximate surface area is 150 Å². The molecule has 1 atom stereocenters. The van der Waals surface area contributed by atoms with Gasteiger partial charge in [-0.3, -0.25) is 9.48 Å². The number of alkyl halides is 2. The number of anilines is 1. The fourth-order valence-corrected chi connectivity index (χ4v) is 2.52. The molecular formula is C14H9BrF7N3O. The number of carbonyl (C=O) groups is 1. The first-order chi connectivity index (χ1) is 12.0. The van der Waals surface area contributed by atoms with E-state index < -0.39 is 58.8 Å². The van der Waals surface area contributed by atoms with E-state index in [4.69, 9.17) is 0 Å². The van der Waals surface area contributed by atoms with E-state index in [1.54, 1.807) is 5.32 Å². The lowest BCUT2D eigenvalue weighted by Crippen LogP contribution is -2.27. The third-order valence-corrected chi connectivity index (χ3v) is 4.49. The van der Waals surface area contributed by atoms with Gasteiger partial charge in [-0.2, -0.15) is 5.10 Å². The van der Waals surface area contributed by atoms with Gasteiger partial charge < -0.3 is 5.32 Å². The molecule has 0 radical (unpaired) electrons. The molecule has 0 aliphatic rings. The van der Waals surface area contributed by atoms with E-state index in [1.165, 1.54) is 6.92 Å². The molecule has 1 heterocycles. The SMILES string of the molecule is Cc1c(Br)c(C(F)F)nn1[C@@H](C)C(=O)Nc1c(F)c(F)c(F)c(F)c1F. The standard InChI is InChI=1S/C14H9BrF7N3O/c1-3-5(15)11(13(21)22)24-25(3)4(2)14(26)23-12-9(19)7(17)6(16)8(18)10(12)20/h4,13H,1-2H3,(H,23,26)/t4-/m0/s1. The highest BCUT2D eigenvalue weighted by molar-refractivity contribution is 9.10. The minimum absolute atomic E-state index is 0.0802. The second-order valence-electron chi connectivity index (χ2n) is 5.14. The minimum atomic E-state index is -2.96. The number of nitrogens with one attached hydrogen (secondary N) is 1. The van der Waals surface area contributed by atoms with Crippen LogP contribution in [0, 0.1) is 36.0 Å². The molecule has 0 saturated carbocycles. The van der Waals surface area contributed by atoms with Crippen molar-refractivity contribution in [3.63, 3.8) is 0 Å². The van der Waals surface area contributed by atoms with Crippen molar-refractivity contribution < 1.29 is 35.5 Å². The maximum absolute atomic E-state index is 13.6. The molecule has 0 saturated heterocycles. The Morgan fingerprint density at radius 3 is 1.92 bits per heavy atom. The van der Waals surface area contributed by atoms with Crippen molar-refractivity contribution in [3.8, 4) is 0 Å². The van der Waals surface area contributed by atoms with Gasteiger partial charge >= 0.3 is 0 Å². The van der Waals surface area contributed by atoms with Crippen molar-refractivity contribution in [1.82, 2.24) is 9.78 Å². The Kier molecular flexibility index (Phi) is 5.64. The van der Waals surface area contributed by atoms with Crippen LogP contribution >= 0.6 is 15.9 Å². The topological polar surface area (TPSA) is 46.9 Å². The number of carbonyl (C=O) groups excluding carboxylic acids is 1. The molecule has 0 aliphatic carbocycles. The van der Waals surface area contributed by atoms with E-state index in [9.17, 15) is 35.5 Å². The molecule has 2 aromatic rings. The average Bonchev–Trinajstić information content (AvgIpc) is 2.90. The number of rotatable bonds is 4. The summed E-state index contributed by atoms with van der Waals surface area (Å²) in [7, 11) is 0. The first-order valence-corrected chi connectivity index (χ1v) is 7.63. The average molecular weight is 448 g/mol. The number of amides is 1.